The van der Waals surface area contributed by atoms with Gasteiger partial charge in [0.05, 0.1) is 29.6 Å². The lowest BCUT2D eigenvalue weighted by molar-refractivity contribution is -0.142. The SMILES string of the molecule is C=C[C@@H]1C[C@]1(NC(=O)[C@@H]1C[C@@H]2CN1C(=O)[C@H](C1CCCCC1)NC(=O)OCC(C)(C)CCCCCc1nc3ccccc3cc1O2)C(=O)NS(=O)(=O)C1CC1. The molecule has 3 saturated carbocycles. The first-order chi connectivity index (χ1) is 26.3. The normalized spacial score (nSPS) is 29.4. The maximum Gasteiger partial charge on any atom is 0.407 e. The van der Waals surface area contributed by atoms with Crippen molar-refractivity contribution < 1.29 is 37.1 Å². The van der Waals surface area contributed by atoms with Crippen LogP contribution in [0.25, 0.3) is 10.9 Å². The summed E-state index contributed by atoms with van der Waals surface area (Å²) in [6.07, 6.45) is 10.1. The van der Waals surface area contributed by atoms with E-state index in [-0.39, 0.29) is 37.3 Å². The number of aryl methyl sites for hydroxylation is 1. The first-order valence-corrected chi connectivity index (χ1v) is 21.6. The number of aromatic nitrogens is 1. The molecule has 7 rings (SSSR count). The van der Waals surface area contributed by atoms with E-state index in [0.29, 0.717) is 25.0 Å². The third-order valence-corrected chi connectivity index (χ3v) is 14.0. The van der Waals surface area contributed by atoms with Crippen molar-refractivity contribution in [3.8, 4) is 5.75 Å². The Balaban J connectivity index is 1.22. The van der Waals surface area contributed by atoms with Gasteiger partial charge >= 0.3 is 6.09 Å². The van der Waals surface area contributed by atoms with Gasteiger partial charge in [-0.25, -0.2) is 18.2 Å². The number of amides is 4. The van der Waals surface area contributed by atoms with E-state index in [1.165, 1.54) is 11.0 Å². The number of nitrogens with zero attached hydrogens (tertiary/aromatic N) is 2. The summed E-state index contributed by atoms with van der Waals surface area (Å²) in [6.45, 7) is 8.19. The molecular formula is C41H55N5O8S. The van der Waals surface area contributed by atoms with Crippen LogP contribution in [0.4, 0.5) is 4.79 Å². The molecule has 5 atom stereocenters. The number of alkyl carbamates (subject to hydrolysis) is 1. The molecule has 4 fully saturated rings. The van der Waals surface area contributed by atoms with Crippen LogP contribution in [0.3, 0.4) is 0 Å². The molecule has 0 spiro atoms. The van der Waals surface area contributed by atoms with Gasteiger partial charge in [0.1, 0.15) is 29.5 Å². The lowest BCUT2D eigenvalue weighted by atomic mass is 9.83. The molecule has 14 heteroatoms. The van der Waals surface area contributed by atoms with Crippen LogP contribution in [-0.2, 0) is 35.6 Å². The fraction of sp³-hybridized carbons (Fsp3) is 0.634. The van der Waals surface area contributed by atoms with E-state index in [0.717, 1.165) is 74.4 Å². The second-order valence-electron chi connectivity index (χ2n) is 17.1. The Hall–Kier alpha value is -4.20. The molecule has 3 aliphatic carbocycles. The molecule has 2 aliphatic heterocycles. The highest BCUT2D eigenvalue weighted by Gasteiger charge is 2.62. The predicted octanol–water partition coefficient (Wildman–Crippen LogP) is 5.07. The van der Waals surface area contributed by atoms with Gasteiger partial charge in [-0.3, -0.25) is 19.1 Å². The van der Waals surface area contributed by atoms with Gasteiger partial charge in [-0.1, -0.05) is 70.2 Å². The summed E-state index contributed by atoms with van der Waals surface area (Å²) >= 11 is 0. The molecule has 1 aromatic carbocycles. The minimum atomic E-state index is -3.88. The number of benzene rings is 1. The molecule has 5 aliphatic rings. The van der Waals surface area contributed by atoms with Crippen molar-refractivity contribution in [2.24, 2.45) is 17.3 Å². The second-order valence-corrected chi connectivity index (χ2v) is 19.1. The van der Waals surface area contributed by atoms with E-state index in [4.69, 9.17) is 14.5 Å². The predicted molar refractivity (Wildman–Crippen MR) is 206 cm³/mol. The summed E-state index contributed by atoms with van der Waals surface area (Å²) in [5.41, 5.74) is -0.140. The third kappa shape index (κ3) is 8.79. The van der Waals surface area contributed by atoms with Gasteiger partial charge in [-0.15, -0.1) is 6.58 Å². The Morgan fingerprint density at radius 2 is 1.78 bits per heavy atom. The first-order valence-electron chi connectivity index (χ1n) is 20.1. The maximum absolute atomic E-state index is 14.8. The zero-order valence-electron chi connectivity index (χ0n) is 32.0. The molecule has 3 N–H and O–H groups in total. The minimum Gasteiger partial charge on any atom is -0.487 e. The van der Waals surface area contributed by atoms with E-state index in [9.17, 15) is 27.6 Å². The number of pyridine rings is 1. The number of cyclic esters (lactones) is 1. The highest BCUT2D eigenvalue weighted by atomic mass is 32.2. The monoisotopic (exact) mass is 777 g/mol. The Bertz CT molecular complexity index is 1930. The zero-order chi connectivity index (χ0) is 39.0. The number of ether oxygens (including phenoxy) is 2. The minimum absolute atomic E-state index is 0.0519. The molecule has 0 unspecified atom stereocenters. The van der Waals surface area contributed by atoms with E-state index in [1.54, 1.807) is 0 Å². The molecule has 13 nitrogen and oxygen atoms in total. The van der Waals surface area contributed by atoms with E-state index in [2.05, 4.69) is 35.8 Å². The quantitative estimate of drug-likeness (QED) is 0.325. The molecular weight excluding hydrogens is 723 g/mol. The summed E-state index contributed by atoms with van der Waals surface area (Å²) in [7, 11) is -3.88. The number of rotatable bonds is 7. The standard InChI is InChI=1S/C41H55N5O8S/c1-4-28-23-41(28,38(49)45-55(51,52)30-18-19-30)44-36(47)33-22-29-24-46(33)37(48)35(26-13-7-5-8-14-26)43-39(50)53-25-40(2,3)20-12-6-9-17-32-34(54-29)21-27-15-10-11-16-31(27)42-32/h4,10-11,15-16,21,26,28-30,33,35H,1,5-9,12-14,17-20,22-25H2,2-3H3,(H,43,50)(H,44,47)(H,45,49)/t28-,29-,33+,35+,41-/m1/s1. The van der Waals surface area contributed by atoms with Crippen LogP contribution in [0, 0.1) is 17.3 Å². The Morgan fingerprint density at radius 3 is 2.51 bits per heavy atom. The molecule has 2 aromatic rings. The van der Waals surface area contributed by atoms with Gasteiger partial charge < -0.3 is 25.0 Å². The van der Waals surface area contributed by atoms with Crippen LogP contribution in [0.5, 0.6) is 5.75 Å². The number of carbonyl (C=O) groups excluding carboxylic acids is 4. The van der Waals surface area contributed by atoms with Crippen LogP contribution < -0.4 is 20.1 Å². The number of fused-ring (bicyclic) bond motifs is 4. The molecule has 3 heterocycles. The first kappa shape index (κ1) is 39.1. The van der Waals surface area contributed by atoms with Gasteiger partial charge in [0.2, 0.25) is 21.8 Å². The number of carbonyl (C=O) groups is 4. The number of sulfonamides is 1. The Labute approximate surface area is 323 Å². The average molecular weight is 778 g/mol. The van der Waals surface area contributed by atoms with Gasteiger partial charge in [0, 0.05) is 17.7 Å². The summed E-state index contributed by atoms with van der Waals surface area (Å²) in [5.74, 6) is -1.88. The van der Waals surface area contributed by atoms with Gasteiger partial charge in [0.15, 0.2) is 0 Å². The molecule has 298 valence electrons. The van der Waals surface area contributed by atoms with Crippen LogP contribution >= 0.6 is 0 Å². The average Bonchev–Trinajstić information content (AvgIpc) is 4.09. The highest BCUT2D eigenvalue weighted by molar-refractivity contribution is 7.91. The van der Waals surface area contributed by atoms with Crippen LogP contribution in [-0.4, -0.2) is 84.2 Å². The summed E-state index contributed by atoms with van der Waals surface area (Å²) in [5, 5.41) is 6.06. The van der Waals surface area contributed by atoms with E-state index in [1.807, 2.05) is 30.3 Å². The maximum atomic E-state index is 14.8. The number of hydrogen-bond acceptors (Lipinski definition) is 9. The number of nitrogens with one attached hydrogen (secondary N) is 3. The summed E-state index contributed by atoms with van der Waals surface area (Å²) in [4.78, 5) is 62.8. The zero-order valence-corrected chi connectivity index (χ0v) is 32.8. The lowest BCUT2D eigenvalue weighted by Crippen LogP contribution is -2.59. The molecule has 4 amide bonds. The van der Waals surface area contributed by atoms with Crippen molar-refractivity contribution in [3.63, 3.8) is 0 Å². The smallest absolute Gasteiger partial charge is 0.407 e. The number of hydrogen-bond donors (Lipinski definition) is 3. The van der Waals surface area contributed by atoms with Gasteiger partial charge in [-0.05, 0) is 74.8 Å². The van der Waals surface area contributed by atoms with Crippen molar-refractivity contribution in [1.82, 2.24) is 25.2 Å². The molecule has 0 radical (unpaired) electrons. The highest BCUT2D eigenvalue weighted by Crippen LogP contribution is 2.46. The van der Waals surface area contributed by atoms with Gasteiger partial charge in [-0.2, -0.15) is 0 Å². The van der Waals surface area contributed by atoms with Crippen molar-refractivity contribution in [1.29, 1.82) is 0 Å². The topological polar surface area (TPSA) is 173 Å². The van der Waals surface area contributed by atoms with E-state index >= 15 is 0 Å². The molecule has 55 heavy (non-hydrogen) atoms. The van der Waals surface area contributed by atoms with Gasteiger partial charge in [0.25, 0.3) is 5.91 Å². The number of para-hydroxylation sites is 1. The fourth-order valence-corrected chi connectivity index (χ4v) is 9.96. The van der Waals surface area contributed by atoms with Crippen LogP contribution in [0.1, 0.15) is 103 Å². The van der Waals surface area contributed by atoms with Crippen molar-refractivity contribution in [2.45, 2.75) is 133 Å². The van der Waals surface area contributed by atoms with Crippen molar-refractivity contribution in [3.05, 3.63) is 48.7 Å². The van der Waals surface area contributed by atoms with Crippen molar-refractivity contribution in [2.75, 3.05) is 13.2 Å². The van der Waals surface area contributed by atoms with E-state index < -0.39 is 68.7 Å². The Kier molecular flexibility index (Phi) is 11.2. The lowest BCUT2D eigenvalue weighted by Gasteiger charge is -2.35. The molecule has 1 aromatic heterocycles. The Morgan fingerprint density at radius 1 is 1.04 bits per heavy atom. The molecule has 2 bridgehead atoms. The molecule has 1 saturated heterocycles. The van der Waals surface area contributed by atoms with Crippen LogP contribution in [0.2, 0.25) is 0 Å². The third-order valence-electron chi connectivity index (χ3n) is 12.2. The van der Waals surface area contributed by atoms with Crippen LogP contribution in [0.15, 0.2) is 43.0 Å². The van der Waals surface area contributed by atoms with Crippen molar-refractivity contribution >= 4 is 44.7 Å². The fourth-order valence-electron chi connectivity index (χ4n) is 8.59. The summed E-state index contributed by atoms with van der Waals surface area (Å²) < 4.78 is 40.2. The summed E-state index contributed by atoms with van der Waals surface area (Å²) in [6, 6.07) is 7.79. The largest absolute Gasteiger partial charge is 0.487 e. The second kappa shape index (κ2) is 15.7.